The van der Waals surface area contributed by atoms with Crippen LogP contribution in [0.4, 0.5) is 4.79 Å². The molecule has 0 heterocycles. The highest BCUT2D eigenvalue weighted by atomic mass is 16.6. The van der Waals surface area contributed by atoms with E-state index in [1.54, 1.807) is 27.7 Å². The number of amides is 4. The van der Waals surface area contributed by atoms with Gasteiger partial charge < -0.3 is 26.0 Å². The Morgan fingerprint density at radius 2 is 1.77 bits per heavy atom. The van der Waals surface area contributed by atoms with E-state index in [1.807, 2.05) is 39.0 Å². The van der Waals surface area contributed by atoms with Gasteiger partial charge >= 0.3 is 6.09 Å². The zero-order valence-corrected chi connectivity index (χ0v) is 22.2. The van der Waals surface area contributed by atoms with Crippen molar-refractivity contribution in [3.8, 4) is 0 Å². The van der Waals surface area contributed by atoms with E-state index in [9.17, 15) is 19.2 Å². The third-order valence-corrected chi connectivity index (χ3v) is 5.41. The van der Waals surface area contributed by atoms with E-state index in [4.69, 9.17) is 10.5 Å². The molecule has 0 aliphatic carbocycles. The lowest BCUT2D eigenvalue weighted by Gasteiger charge is -2.34. The van der Waals surface area contributed by atoms with Gasteiger partial charge in [0.25, 0.3) is 0 Å². The van der Waals surface area contributed by atoms with Crippen LogP contribution < -0.4 is 16.4 Å². The molecule has 4 N–H and O–H groups in total. The molecule has 1 aromatic rings. The number of ether oxygens (including phenoxy) is 1. The lowest BCUT2D eigenvalue weighted by molar-refractivity contribution is -0.142. The molecule has 0 aromatic heterocycles. The third-order valence-electron chi connectivity index (χ3n) is 5.41. The number of alkyl carbamates (subject to hydrolysis) is 1. The molecule has 0 aliphatic heterocycles. The summed E-state index contributed by atoms with van der Waals surface area (Å²) in [7, 11) is 0. The van der Waals surface area contributed by atoms with Crippen molar-refractivity contribution < 1.29 is 23.9 Å². The molecule has 9 nitrogen and oxygen atoms in total. The van der Waals surface area contributed by atoms with Crippen molar-refractivity contribution in [2.45, 2.75) is 91.8 Å². The number of nitrogens with one attached hydrogen (secondary N) is 2. The molecule has 0 saturated heterocycles. The van der Waals surface area contributed by atoms with Crippen molar-refractivity contribution in [2.24, 2.45) is 5.73 Å². The number of hydrogen-bond donors (Lipinski definition) is 3. The predicted molar refractivity (Wildman–Crippen MR) is 136 cm³/mol. The highest BCUT2D eigenvalue weighted by molar-refractivity contribution is 5.92. The topological polar surface area (TPSA) is 131 Å². The van der Waals surface area contributed by atoms with Crippen LogP contribution in [0.5, 0.6) is 0 Å². The molecule has 0 bridgehead atoms. The Kier molecular flexibility index (Phi) is 11.7. The predicted octanol–water partition coefficient (Wildman–Crippen LogP) is 3.27. The van der Waals surface area contributed by atoms with E-state index in [1.165, 1.54) is 4.90 Å². The molecule has 0 fully saturated rings. The maximum atomic E-state index is 13.8. The zero-order chi connectivity index (χ0) is 26.8. The highest BCUT2D eigenvalue weighted by Crippen LogP contribution is 2.27. The number of aryl methyl sites for hydroxylation is 2. The zero-order valence-electron chi connectivity index (χ0n) is 22.2. The summed E-state index contributed by atoms with van der Waals surface area (Å²) in [4.78, 5) is 52.5. The van der Waals surface area contributed by atoms with Gasteiger partial charge in [0.05, 0.1) is 0 Å². The lowest BCUT2D eigenvalue weighted by atomic mass is 9.95. The van der Waals surface area contributed by atoms with Crippen molar-refractivity contribution in [1.29, 1.82) is 0 Å². The van der Waals surface area contributed by atoms with Gasteiger partial charge in [0.2, 0.25) is 17.7 Å². The van der Waals surface area contributed by atoms with Crippen molar-refractivity contribution in [2.75, 3.05) is 13.1 Å². The molecule has 0 spiro atoms. The third kappa shape index (κ3) is 9.96. The van der Waals surface area contributed by atoms with Crippen molar-refractivity contribution in [1.82, 2.24) is 15.5 Å². The van der Waals surface area contributed by atoms with Crippen LogP contribution in [-0.2, 0) is 19.1 Å². The molecular formula is C26H42N4O5. The number of benzene rings is 1. The quantitative estimate of drug-likeness (QED) is 0.387. The van der Waals surface area contributed by atoms with Gasteiger partial charge in [0, 0.05) is 19.5 Å². The van der Waals surface area contributed by atoms with Gasteiger partial charge in [0.1, 0.15) is 17.7 Å². The second-order valence-electron chi connectivity index (χ2n) is 9.74. The van der Waals surface area contributed by atoms with Crippen LogP contribution in [0.25, 0.3) is 0 Å². The second kappa shape index (κ2) is 13.7. The summed E-state index contributed by atoms with van der Waals surface area (Å²) < 4.78 is 5.32. The molecular weight excluding hydrogens is 448 g/mol. The Morgan fingerprint density at radius 3 is 2.31 bits per heavy atom. The number of carbonyl (C=O) groups excluding carboxylic acids is 4. The largest absolute Gasteiger partial charge is 0.444 e. The van der Waals surface area contributed by atoms with Crippen molar-refractivity contribution in [3.05, 3.63) is 34.9 Å². The van der Waals surface area contributed by atoms with Crippen LogP contribution in [0.15, 0.2) is 18.2 Å². The Labute approximate surface area is 209 Å². The molecule has 9 heteroatoms. The van der Waals surface area contributed by atoms with Crippen molar-refractivity contribution >= 4 is 23.8 Å². The molecule has 35 heavy (non-hydrogen) atoms. The average Bonchev–Trinajstić information content (AvgIpc) is 2.75. The summed E-state index contributed by atoms with van der Waals surface area (Å²) in [6, 6.07) is 3.77. The number of nitrogens with two attached hydrogens (primary N) is 1. The minimum Gasteiger partial charge on any atom is -0.444 e. The van der Waals surface area contributed by atoms with Gasteiger partial charge in [-0.25, -0.2) is 4.79 Å². The van der Waals surface area contributed by atoms with E-state index in [2.05, 4.69) is 10.6 Å². The number of likely N-dealkylation sites (N-methyl/N-ethyl adjacent to an activating group) is 1. The monoisotopic (exact) mass is 490 g/mol. The Morgan fingerprint density at radius 1 is 1.11 bits per heavy atom. The first-order chi connectivity index (χ1) is 16.3. The standard InChI is InChI=1S/C26H42N4O5/c1-8-10-15-28-23(32)22(19-16-17(3)11-12-18(19)4)30(9-2)24(33)20(13-14-21(27)31)29-25(34)35-26(5,6)7/h11-12,16,20,22H,8-10,13-15H2,1-7H3,(H2,27,31)(H,28,32)(H,29,34). The van der Waals surface area contributed by atoms with Crippen LogP contribution in [0.3, 0.4) is 0 Å². The van der Waals surface area contributed by atoms with E-state index in [0.29, 0.717) is 12.1 Å². The molecule has 0 saturated carbocycles. The van der Waals surface area contributed by atoms with Gasteiger partial charge in [-0.1, -0.05) is 37.1 Å². The van der Waals surface area contributed by atoms with E-state index in [0.717, 1.165) is 24.0 Å². The molecule has 2 atom stereocenters. The van der Waals surface area contributed by atoms with Crippen molar-refractivity contribution in [3.63, 3.8) is 0 Å². The molecule has 0 aliphatic rings. The number of rotatable bonds is 12. The Bertz CT molecular complexity index is 894. The number of primary amides is 1. The number of unbranched alkanes of at least 4 members (excludes halogenated alkanes) is 1. The molecule has 4 amide bonds. The molecule has 2 unspecified atom stereocenters. The SMILES string of the molecule is CCCCNC(=O)C(c1cc(C)ccc1C)N(CC)C(=O)C(CCC(N)=O)NC(=O)OC(C)(C)C. The van der Waals surface area contributed by atoms with Gasteiger partial charge in [-0.2, -0.15) is 0 Å². The molecule has 196 valence electrons. The summed E-state index contributed by atoms with van der Waals surface area (Å²) in [6.07, 6.45) is 0.820. The highest BCUT2D eigenvalue weighted by Gasteiger charge is 2.36. The fourth-order valence-electron chi connectivity index (χ4n) is 3.65. The number of carbonyl (C=O) groups is 4. The fourth-order valence-corrected chi connectivity index (χ4v) is 3.65. The summed E-state index contributed by atoms with van der Waals surface area (Å²) in [5.41, 5.74) is 7.07. The van der Waals surface area contributed by atoms with Gasteiger partial charge in [-0.05, 0) is 65.5 Å². The molecule has 1 rings (SSSR count). The normalized spacial score (nSPS) is 12.9. The van der Waals surface area contributed by atoms with E-state index >= 15 is 0 Å². The number of hydrogen-bond acceptors (Lipinski definition) is 5. The van der Waals surface area contributed by atoms with Crippen LogP contribution >= 0.6 is 0 Å². The Hall–Kier alpha value is -3.10. The fraction of sp³-hybridized carbons (Fsp3) is 0.615. The molecule has 0 radical (unpaired) electrons. The first-order valence-corrected chi connectivity index (χ1v) is 12.2. The summed E-state index contributed by atoms with van der Waals surface area (Å²) >= 11 is 0. The second-order valence-corrected chi connectivity index (χ2v) is 9.74. The maximum absolute atomic E-state index is 13.8. The van der Waals surface area contributed by atoms with E-state index < -0.39 is 35.6 Å². The first kappa shape index (κ1) is 29.9. The minimum absolute atomic E-state index is 0.0130. The maximum Gasteiger partial charge on any atom is 0.408 e. The average molecular weight is 491 g/mol. The summed E-state index contributed by atoms with van der Waals surface area (Å²) in [5, 5.41) is 5.52. The van der Waals surface area contributed by atoms with Crippen LogP contribution in [0.2, 0.25) is 0 Å². The lowest BCUT2D eigenvalue weighted by Crippen LogP contribution is -2.53. The van der Waals surface area contributed by atoms with E-state index in [-0.39, 0.29) is 25.3 Å². The van der Waals surface area contributed by atoms with Crippen LogP contribution in [-0.4, -0.2) is 53.4 Å². The van der Waals surface area contributed by atoms with Crippen LogP contribution in [0, 0.1) is 13.8 Å². The Balaban J connectivity index is 3.40. The smallest absolute Gasteiger partial charge is 0.408 e. The minimum atomic E-state index is -1.09. The molecule has 1 aromatic carbocycles. The van der Waals surface area contributed by atoms with Gasteiger partial charge in [-0.15, -0.1) is 0 Å². The van der Waals surface area contributed by atoms with Crippen LogP contribution in [0.1, 0.15) is 83.0 Å². The number of nitrogens with zero attached hydrogens (tertiary/aromatic N) is 1. The summed E-state index contributed by atoms with van der Waals surface area (Å²) in [6.45, 7) is 13.4. The first-order valence-electron chi connectivity index (χ1n) is 12.2. The van der Waals surface area contributed by atoms with Gasteiger partial charge in [0.15, 0.2) is 0 Å². The summed E-state index contributed by atoms with van der Waals surface area (Å²) in [5.74, 6) is -1.38. The van der Waals surface area contributed by atoms with Gasteiger partial charge in [-0.3, -0.25) is 14.4 Å².